The summed E-state index contributed by atoms with van der Waals surface area (Å²) in [6.45, 7) is -0.376. The van der Waals surface area contributed by atoms with Crippen molar-refractivity contribution in [2.45, 2.75) is 0 Å². The zero-order valence-electron chi connectivity index (χ0n) is 11.9. The number of ether oxygens (including phenoxy) is 1. The number of rotatable bonds is 5. The fraction of sp³-hybridized carbons (Fsp3) is 0.0667. The van der Waals surface area contributed by atoms with E-state index in [1.54, 1.807) is 30.3 Å². The quantitative estimate of drug-likeness (QED) is 0.411. The molecule has 1 amide bonds. The summed E-state index contributed by atoms with van der Waals surface area (Å²) in [6, 6.07) is 11.4. The van der Waals surface area contributed by atoms with Gasteiger partial charge in [-0.15, -0.1) is 0 Å². The number of esters is 1. The summed E-state index contributed by atoms with van der Waals surface area (Å²) >= 11 is 0. The second kappa shape index (κ2) is 7.53. The van der Waals surface area contributed by atoms with E-state index in [9.17, 15) is 14.0 Å². The van der Waals surface area contributed by atoms with Crippen LogP contribution in [0.3, 0.4) is 0 Å². The van der Waals surface area contributed by atoms with Gasteiger partial charge in [-0.1, -0.05) is 24.3 Å². The third-order valence-electron chi connectivity index (χ3n) is 2.99. The maximum Gasteiger partial charge on any atom is 0.491 e. The smallest absolute Gasteiger partial charge is 0.441 e. The molecule has 0 saturated carbocycles. The zero-order valence-corrected chi connectivity index (χ0v) is 11.9. The Bertz CT molecular complexity index is 708. The monoisotopic (exact) mass is 317 g/mol. The van der Waals surface area contributed by atoms with Crippen LogP contribution < -0.4 is 10.8 Å². The summed E-state index contributed by atoms with van der Waals surface area (Å²) in [5, 5.41) is 20.1. The van der Waals surface area contributed by atoms with Crippen molar-refractivity contribution in [1.82, 2.24) is 5.32 Å². The topological polar surface area (TPSA) is 95.9 Å². The number of hydrogen-bond acceptors (Lipinski definition) is 5. The minimum atomic E-state index is -1.96. The van der Waals surface area contributed by atoms with E-state index in [2.05, 4.69) is 5.32 Å². The summed E-state index contributed by atoms with van der Waals surface area (Å²) in [4.78, 5) is 23.4. The molecule has 2 aromatic carbocycles. The zero-order chi connectivity index (χ0) is 16.8. The molecule has 0 aliphatic rings. The fourth-order valence-electron chi connectivity index (χ4n) is 1.80. The molecule has 0 unspecified atom stereocenters. The van der Waals surface area contributed by atoms with Crippen LogP contribution in [0.5, 0.6) is 0 Å². The maximum atomic E-state index is 13.5. The minimum absolute atomic E-state index is 0.0392. The van der Waals surface area contributed by atoms with E-state index in [4.69, 9.17) is 14.8 Å². The van der Waals surface area contributed by atoms with Crippen LogP contribution in [-0.2, 0) is 4.74 Å². The highest BCUT2D eigenvalue weighted by Gasteiger charge is 2.18. The molecule has 0 spiro atoms. The Balaban J connectivity index is 1.90. The van der Waals surface area contributed by atoms with E-state index in [1.807, 2.05) is 0 Å². The molecule has 118 valence electrons. The standard InChI is InChI=1S/C15H13BFNO5/c17-13-8-11(6-7-12(13)16(21)22)14(19)18-9-23-15(20)10-4-2-1-3-5-10/h1-8,21-22H,9H2,(H,18,19). The Hall–Kier alpha value is -2.71. The van der Waals surface area contributed by atoms with Gasteiger partial charge in [-0.2, -0.15) is 0 Å². The van der Waals surface area contributed by atoms with Gasteiger partial charge >= 0.3 is 13.1 Å². The summed E-state index contributed by atoms with van der Waals surface area (Å²) in [5.74, 6) is -2.19. The number of amides is 1. The molecule has 8 heteroatoms. The van der Waals surface area contributed by atoms with Crippen LogP contribution >= 0.6 is 0 Å². The number of halogens is 1. The van der Waals surface area contributed by atoms with Gasteiger partial charge in [0.25, 0.3) is 5.91 Å². The lowest BCUT2D eigenvalue weighted by molar-refractivity contribution is 0.0463. The van der Waals surface area contributed by atoms with Gasteiger partial charge in [0.05, 0.1) is 5.56 Å². The van der Waals surface area contributed by atoms with E-state index < -0.39 is 24.8 Å². The first-order valence-electron chi connectivity index (χ1n) is 6.65. The van der Waals surface area contributed by atoms with Crippen molar-refractivity contribution in [3.8, 4) is 0 Å². The Labute approximate surface area is 131 Å². The first-order valence-corrected chi connectivity index (χ1v) is 6.65. The first kappa shape index (κ1) is 16.7. The molecule has 2 rings (SSSR count). The molecule has 6 nitrogen and oxygen atoms in total. The predicted molar refractivity (Wildman–Crippen MR) is 80.4 cm³/mol. The molecule has 0 aromatic heterocycles. The van der Waals surface area contributed by atoms with Gasteiger partial charge in [0.1, 0.15) is 5.82 Å². The number of carbonyl (C=O) groups excluding carboxylic acids is 2. The van der Waals surface area contributed by atoms with Crippen molar-refractivity contribution in [2.75, 3.05) is 6.73 Å². The van der Waals surface area contributed by atoms with Crippen molar-refractivity contribution >= 4 is 24.5 Å². The molecule has 0 saturated heterocycles. The summed E-state index contributed by atoms with van der Waals surface area (Å²) in [6.07, 6.45) is 0. The van der Waals surface area contributed by atoms with Gasteiger partial charge in [-0.3, -0.25) is 4.79 Å². The number of nitrogens with one attached hydrogen (secondary N) is 1. The minimum Gasteiger partial charge on any atom is -0.441 e. The highest BCUT2D eigenvalue weighted by atomic mass is 19.1. The Morgan fingerprint density at radius 3 is 2.39 bits per heavy atom. The van der Waals surface area contributed by atoms with E-state index in [-0.39, 0.29) is 17.8 Å². The van der Waals surface area contributed by atoms with Crippen molar-refractivity contribution in [3.63, 3.8) is 0 Å². The van der Waals surface area contributed by atoms with Gasteiger partial charge in [0.2, 0.25) is 0 Å². The first-order chi connectivity index (χ1) is 11.0. The van der Waals surface area contributed by atoms with Crippen LogP contribution in [0.4, 0.5) is 4.39 Å². The molecule has 0 bridgehead atoms. The summed E-state index contributed by atoms with van der Waals surface area (Å²) in [7, 11) is -1.96. The maximum absolute atomic E-state index is 13.5. The number of carbonyl (C=O) groups is 2. The van der Waals surface area contributed by atoms with E-state index >= 15 is 0 Å². The van der Waals surface area contributed by atoms with Crippen molar-refractivity contribution in [3.05, 3.63) is 65.5 Å². The van der Waals surface area contributed by atoms with Crippen LogP contribution in [0.15, 0.2) is 48.5 Å². The van der Waals surface area contributed by atoms with Crippen LogP contribution in [0.1, 0.15) is 20.7 Å². The van der Waals surface area contributed by atoms with Crippen molar-refractivity contribution in [2.24, 2.45) is 0 Å². The summed E-state index contributed by atoms with van der Waals surface area (Å²) < 4.78 is 18.4. The van der Waals surface area contributed by atoms with Crippen LogP contribution in [0, 0.1) is 5.82 Å². The Morgan fingerprint density at radius 1 is 1.09 bits per heavy atom. The third kappa shape index (κ3) is 4.38. The highest BCUT2D eigenvalue weighted by Crippen LogP contribution is 2.03. The molecule has 23 heavy (non-hydrogen) atoms. The average Bonchev–Trinajstić information content (AvgIpc) is 2.55. The van der Waals surface area contributed by atoms with Crippen LogP contribution in [-0.4, -0.2) is 35.8 Å². The molecule has 0 radical (unpaired) electrons. The average molecular weight is 317 g/mol. The summed E-state index contributed by atoms with van der Waals surface area (Å²) in [5.41, 5.74) is -0.0335. The fourth-order valence-corrected chi connectivity index (χ4v) is 1.80. The van der Waals surface area contributed by atoms with E-state index in [0.29, 0.717) is 5.56 Å². The van der Waals surface area contributed by atoms with Gasteiger partial charge in [0.15, 0.2) is 6.73 Å². The van der Waals surface area contributed by atoms with Crippen molar-refractivity contribution in [1.29, 1.82) is 0 Å². The molecular formula is C15H13BFNO5. The molecule has 3 N–H and O–H groups in total. The normalized spacial score (nSPS) is 10.0. The van der Waals surface area contributed by atoms with Gasteiger partial charge in [-0.05, 0) is 24.3 Å². The van der Waals surface area contributed by atoms with Gasteiger partial charge in [0, 0.05) is 11.0 Å². The van der Waals surface area contributed by atoms with Gasteiger partial charge < -0.3 is 20.1 Å². The lowest BCUT2D eigenvalue weighted by atomic mass is 9.79. The molecule has 0 fully saturated rings. The predicted octanol–water partition coefficient (Wildman–Crippen LogP) is 0.0498. The highest BCUT2D eigenvalue weighted by molar-refractivity contribution is 6.58. The van der Waals surface area contributed by atoms with E-state index in [0.717, 1.165) is 12.1 Å². The molecule has 2 aromatic rings. The SMILES string of the molecule is O=C(NCOC(=O)c1ccccc1)c1ccc(B(O)O)c(F)c1. The lowest BCUT2D eigenvalue weighted by Gasteiger charge is -2.08. The number of benzene rings is 2. The molecule has 0 heterocycles. The van der Waals surface area contributed by atoms with Crippen molar-refractivity contribution < 1.29 is 28.8 Å². The molecule has 0 aliphatic carbocycles. The third-order valence-corrected chi connectivity index (χ3v) is 2.99. The van der Waals surface area contributed by atoms with Gasteiger partial charge in [-0.25, -0.2) is 9.18 Å². The second-order valence-electron chi connectivity index (χ2n) is 4.56. The molecule has 0 aliphatic heterocycles. The lowest BCUT2D eigenvalue weighted by Crippen LogP contribution is -2.34. The number of hydrogen-bond donors (Lipinski definition) is 3. The van der Waals surface area contributed by atoms with Crippen LogP contribution in [0.25, 0.3) is 0 Å². The largest absolute Gasteiger partial charge is 0.491 e. The van der Waals surface area contributed by atoms with Crippen LogP contribution in [0.2, 0.25) is 0 Å². The Morgan fingerprint density at radius 2 is 1.78 bits per heavy atom. The molecule has 0 atom stereocenters. The van der Waals surface area contributed by atoms with E-state index in [1.165, 1.54) is 6.07 Å². The second-order valence-corrected chi connectivity index (χ2v) is 4.56. The molecular weight excluding hydrogens is 304 g/mol. The Kier molecular flexibility index (Phi) is 5.45.